The molecule has 1 aromatic rings. The van der Waals surface area contributed by atoms with Crippen molar-refractivity contribution in [2.75, 3.05) is 5.75 Å². The molecule has 2 atom stereocenters. The molecule has 3 nitrogen and oxygen atoms in total. The van der Waals surface area contributed by atoms with Crippen LogP contribution in [0.3, 0.4) is 0 Å². The van der Waals surface area contributed by atoms with Crippen LogP contribution in [-0.4, -0.2) is 16.8 Å². The van der Waals surface area contributed by atoms with Gasteiger partial charge in [0, 0.05) is 11.7 Å². The highest BCUT2D eigenvalue weighted by Crippen LogP contribution is 2.33. The van der Waals surface area contributed by atoms with Crippen LogP contribution in [0.25, 0.3) is 0 Å². The molecule has 0 aliphatic rings. The van der Waals surface area contributed by atoms with E-state index in [9.17, 15) is 0 Å². The SMILES string of the molecule is CCC(C)CSC(C/C(N)=N/O)c1ccccc1. The van der Waals surface area contributed by atoms with E-state index in [1.807, 2.05) is 30.0 Å². The van der Waals surface area contributed by atoms with E-state index >= 15 is 0 Å². The first kappa shape index (κ1) is 14.9. The van der Waals surface area contributed by atoms with Crippen LogP contribution in [0.2, 0.25) is 0 Å². The number of thioether (sulfide) groups is 1. The normalized spacial score (nSPS) is 15.3. The Bertz CT molecular complexity index is 367. The molecular weight excluding hydrogens is 244 g/mol. The highest BCUT2D eigenvalue weighted by molar-refractivity contribution is 7.99. The zero-order valence-corrected chi connectivity index (χ0v) is 11.9. The van der Waals surface area contributed by atoms with Crippen LogP contribution in [0.5, 0.6) is 0 Å². The zero-order valence-electron chi connectivity index (χ0n) is 11.0. The summed E-state index contributed by atoms with van der Waals surface area (Å²) < 4.78 is 0. The quantitative estimate of drug-likeness (QED) is 0.343. The highest BCUT2D eigenvalue weighted by atomic mass is 32.2. The fourth-order valence-electron chi connectivity index (χ4n) is 1.57. The van der Waals surface area contributed by atoms with Gasteiger partial charge in [-0.3, -0.25) is 0 Å². The lowest BCUT2D eigenvalue weighted by molar-refractivity contribution is 0.317. The largest absolute Gasteiger partial charge is 0.409 e. The number of hydrogen-bond donors (Lipinski definition) is 2. The summed E-state index contributed by atoms with van der Waals surface area (Å²) in [5.41, 5.74) is 6.87. The monoisotopic (exact) mass is 266 g/mol. The van der Waals surface area contributed by atoms with Crippen molar-refractivity contribution in [1.29, 1.82) is 0 Å². The van der Waals surface area contributed by atoms with E-state index in [1.165, 1.54) is 12.0 Å². The van der Waals surface area contributed by atoms with Crippen LogP contribution in [0, 0.1) is 5.92 Å². The second-order valence-corrected chi connectivity index (χ2v) is 5.78. The van der Waals surface area contributed by atoms with E-state index in [4.69, 9.17) is 10.9 Å². The van der Waals surface area contributed by atoms with Crippen LogP contribution in [0.1, 0.15) is 37.5 Å². The number of hydrogen-bond acceptors (Lipinski definition) is 3. The third-order valence-electron chi connectivity index (χ3n) is 2.97. The van der Waals surface area contributed by atoms with Crippen molar-refractivity contribution >= 4 is 17.6 Å². The average Bonchev–Trinajstić information content (AvgIpc) is 2.43. The van der Waals surface area contributed by atoms with Gasteiger partial charge in [-0.25, -0.2) is 0 Å². The first-order valence-corrected chi connectivity index (χ1v) is 7.35. The van der Waals surface area contributed by atoms with Crippen LogP contribution in [0.4, 0.5) is 0 Å². The third-order valence-corrected chi connectivity index (χ3v) is 4.58. The molecule has 0 amide bonds. The minimum atomic E-state index is 0.260. The molecular formula is C14H22N2OS. The molecule has 0 spiro atoms. The average molecular weight is 266 g/mol. The van der Waals surface area contributed by atoms with Crippen molar-refractivity contribution < 1.29 is 5.21 Å². The standard InChI is InChI=1S/C14H22N2OS/c1-3-11(2)10-18-13(9-14(15)16-17)12-7-5-4-6-8-12/h4-8,11,13,17H,3,9-10H2,1-2H3,(H2,15,16). The summed E-state index contributed by atoms with van der Waals surface area (Å²) in [4.78, 5) is 0. The van der Waals surface area contributed by atoms with Crippen LogP contribution >= 0.6 is 11.8 Å². The molecule has 2 unspecified atom stereocenters. The molecule has 3 N–H and O–H groups in total. The number of nitrogens with two attached hydrogens (primary N) is 1. The molecule has 18 heavy (non-hydrogen) atoms. The van der Waals surface area contributed by atoms with Gasteiger partial charge in [-0.1, -0.05) is 55.8 Å². The van der Waals surface area contributed by atoms with Gasteiger partial charge < -0.3 is 10.9 Å². The number of benzene rings is 1. The Labute approximate surface area is 113 Å². The summed E-state index contributed by atoms with van der Waals surface area (Å²) in [6, 6.07) is 10.2. The lowest BCUT2D eigenvalue weighted by Gasteiger charge is -2.18. The summed E-state index contributed by atoms with van der Waals surface area (Å²) in [5, 5.41) is 12.1. The Kier molecular flexibility index (Phi) is 6.65. The van der Waals surface area contributed by atoms with E-state index in [-0.39, 0.29) is 5.25 Å². The summed E-state index contributed by atoms with van der Waals surface area (Å²) in [7, 11) is 0. The molecule has 1 rings (SSSR count). The predicted octanol–water partition coefficient (Wildman–Crippen LogP) is 3.64. The minimum Gasteiger partial charge on any atom is -0.409 e. The second kappa shape index (κ2) is 8.03. The van der Waals surface area contributed by atoms with Gasteiger partial charge in [0.1, 0.15) is 5.84 Å². The summed E-state index contributed by atoms with van der Waals surface area (Å²) in [5.74, 6) is 2.07. The summed E-state index contributed by atoms with van der Waals surface area (Å²) in [6.07, 6.45) is 1.76. The van der Waals surface area contributed by atoms with Gasteiger partial charge in [0.05, 0.1) is 0 Å². The summed E-state index contributed by atoms with van der Waals surface area (Å²) >= 11 is 1.88. The van der Waals surface area contributed by atoms with Gasteiger partial charge in [0.2, 0.25) is 0 Å². The fourth-order valence-corrected chi connectivity index (χ4v) is 3.00. The molecule has 0 aromatic heterocycles. The highest BCUT2D eigenvalue weighted by Gasteiger charge is 2.15. The minimum absolute atomic E-state index is 0.260. The fraction of sp³-hybridized carbons (Fsp3) is 0.500. The summed E-state index contributed by atoms with van der Waals surface area (Å²) in [6.45, 7) is 4.45. The Morgan fingerprint density at radius 1 is 1.39 bits per heavy atom. The maximum atomic E-state index is 8.71. The molecule has 0 bridgehead atoms. The van der Waals surface area contributed by atoms with Gasteiger partial charge in [-0.05, 0) is 17.2 Å². The molecule has 0 saturated heterocycles. The van der Waals surface area contributed by atoms with E-state index < -0.39 is 0 Å². The molecule has 0 aliphatic heterocycles. The van der Waals surface area contributed by atoms with E-state index in [2.05, 4.69) is 31.1 Å². The molecule has 0 fully saturated rings. The molecule has 0 saturated carbocycles. The van der Waals surface area contributed by atoms with Gasteiger partial charge in [0.25, 0.3) is 0 Å². The van der Waals surface area contributed by atoms with Crippen LogP contribution in [0.15, 0.2) is 35.5 Å². The van der Waals surface area contributed by atoms with Crippen molar-refractivity contribution in [3.05, 3.63) is 35.9 Å². The van der Waals surface area contributed by atoms with Gasteiger partial charge >= 0.3 is 0 Å². The molecule has 0 radical (unpaired) electrons. The number of nitrogens with zero attached hydrogens (tertiary/aromatic N) is 1. The van der Waals surface area contributed by atoms with Gasteiger partial charge in [-0.15, -0.1) is 0 Å². The first-order chi connectivity index (χ1) is 8.67. The molecule has 4 heteroatoms. The van der Waals surface area contributed by atoms with Crippen molar-refractivity contribution in [3.63, 3.8) is 0 Å². The number of amidine groups is 1. The Hall–Kier alpha value is -1.16. The first-order valence-electron chi connectivity index (χ1n) is 6.30. The molecule has 0 heterocycles. The van der Waals surface area contributed by atoms with Crippen molar-refractivity contribution in [3.8, 4) is 0 Å². The molecule has 0 aliphatic carbocycles. The van der Waals surface area contributed by atoms with Crippen LogP contribution < -0.4 is 5.73 Å². The van der Waals surface area contributed by atoms with Crippen molar-refractivity contribution in [2.45, 2.75) is 31.9 Å². The van der Waals surface area contributed by atoms with Crippen LogP contribution in [-0.2, 0) is 0 Å². The third kappa shape index (κ3) is 5.00. The predicted molar refractivity (Wildman–Crippen MR) is 79.1 cm³/mol. The van der Waals surface area contributed by atoms with E-state index in [1.54, 1.807) is 0 Å². The van der Waals surface area contributed by atoms with E-state index in [0.29, 0.717) is 18.2 Å². The Balaban J connectivity index is 2.69. The number of oxime groups is 1. The Morgan fingerprint density at radius 2 is 2.06 bits per heavy atom. The number of rotatable bonds is 7. The van der Waals surface area contributed by atoms with Gasteiger partial charge in [-0.2, -0.15) is 11.8 Å². The second-order valence-electron chi connectivity index (χ2n) is 4.54. The zero-order chi connectivity index (χ0) is 13.4. The Morgan fingerprint density at radius 3 is 2.61 bits per heavy atom. The van der Waals surface area contributed by atoms with Crippen molar-refractivity contribution in [2.24, 2.45) is 16.8 Å². The smallest absolute Gasteiger partial charge is 0.140 e. The lowest BCUT2D eigenvalue weighted by atomic mass is 10.1. The topological polar surface area (TPSA) is 58.6 Å². The lowest BCUT2D eigenvalue weighted by Crippen LogP contribution is -2.15. The maximum Gasteiger partial charge on any atom is 0.140 e. The van der Waals surface area contributed by atoms with Crippen molar-refractivity contribution in [1.82, 2.24) is 0 Å². The maximum absolute atomic E-state index is 8.71. The molecule has 1 aromatic carbocycles. The van der Waals surface area contributed by atoms with Gasteiger partial charge in [0.15, 0.2) is 0 Å². The molecule has 100 valence electrons. The van der Waals surface area contributed by atoms with E-state index in [0.717, 1.165) is 5.75 Å².